The van der Waals surface area contributed by atoms with Gasteiger partial charge in [0.15, 0.2) is 11.5 Å². The number of hydrogen-bond acceptors (Lipinski definition) is 5. The Morgan fingerprint density at radius 1 is 1.14 bits per heavy atom. The maximum Gasteiger partial charge on any atom is 0.327 e. The van der Waals surface area contributed by atoms with Gasteiger partial charge in [-0.25, -0.2) is 4.79 Å². The molecule has 1 saturated carbocycles. The van der Waals surface area contributed by atoms with E-state index in [9.17, 15) is 14.7 Å². The van der Waals surface area contributed by atoms with Crippen LogP contribution in [-0.2, 0) is 16.2 Å². The number of carbonyl (C=O) groups is 2. The quantitative estimate of drug-likeness (QED) is 0.746. The summed E-state index contributed by atoms with van der Waals surface area (Å²) < 4.78 is 11.4. The minimum absolute atomic E-state index is 0.0339. The normalized spacial score (nSPS) is 21.1. The number of methoxy groups -OCH3 is 1. The number of ether oxygens (including phenoxy) is 2. The maximum atomic E-state index is 12.8. The van der Waals surface area contributed by atoms with Crippen LogP contribution in [0.5, 0.6) is 11.5 Å². The van der Waals surface area contributed by atoms with Crippen LogP contribution in [0.2, 0.25) is 0 Å². The molecule has 2 aromatic rings. The summed E-state index contributed by atoms with van der Waals surface area (Å²) >= 11 is 1.48. The van der Waals surface area contributed by atoms with Crippen LogP contribution >= 0.6 is 11.8 Å². The fourth-order valence-electron chi connectivity index (χ4n) is 3.46. The van der Waals surface area contributed by atoms with Crippen molar-refractivity contribution in [2.45, 2.75) is 30.9 Å². The summed E-state index contributed by atoms with van der Waals surface area (Å²) in [6.07, 6.45) is 1.68. The highest BCUT2D eigenvalue weighted by atomic mass is 32.2. The number of nitrogens with zero attached hydrogens (tertiary/aromatic N) is 1. The lowest BCUT2D eigenvalue weighted by atomic mass is 10.1. The average molecular weight is 413 g/mol. The van der Waals surface area contributed by atoms with E-state index in [0.717, 1.165) is 24.0 Å². The molecule has 0 radical (unpaired) electrons. The predicted molar refractivity (Wildman–Crippen MR) is 110 cm³/mol. The number of carboxylic acids is 1. The van der Waals surface area contributed by atoms with E-state index in [1.54, 1.807) is 12.0 Å². The molecular formula is C22H23NO5S. The summed E-state index contributed by atoms with van der Waals surface area (Å²) in [5, 5.41) is 9.24. The second-order valence-electron chi connectivity index (χ2n) is 7.24. The maximum absolute atomic E-state index is 12.8. The highest BCUT2D eigenvalue weighted by Crippen LogP contribution is 2.46. The minimum atomic E-state index is -0.955. The second-order valence-corrected chi connectivity index (χ2v) is 8.36. The average Bonchev–Trinajstić information content (AvgIpc) is 3.50. The van der Waals surface area contributed by atoms with Crippen LogP contribution in [0.25, 0.3) is 0 Å². The number of benzene rings is 2. The molecule has 29 heavy (non-hydrogen) atoms. The van der Waals surface area contributed by atoms with Gasteiger partial charge in [0.05, 0.1) is 7.11 Å². The van der Waals surface area contributed by atoms with E-state index in [4.69, 9.17) is 9.47 Å². The molecular weight excluding hydrogens is 390 g/mol. The third-order valence-corrected chi connectivity index (χ3v) is 6.50. The first kappa shape index (κ1) is 19.6. The largest absolute Gasteiger partial charge is 0.493 e. The molecule has 2 fully saturated rings. The number of carboxylic acid groups (broad SMARTS) is 1. The van der Waals surface area contributed by atoms with Crippen molar-refractivity contribution < 1.29 is 24.2 Å². The summed E-state index contributed by atoms with van der Waals surface area (Å²) in [5.41, 5.74) is 1.90. The van der Waals surface area contributed by atoms with Gasteiger partial charge in [0.2, 0.25) is 5.91 Å². The van der Waals surface area contributed by atoms with Crippen molar-refractivity contribution in [3.63, 3.8) is 0 Å². The number of hydrogen-bond donors (Lipinski definition) is 1. The molecule has 6 nitrogen and oxygen atoms in total. The van der Waals surface area contributed by atoms with Crippen LogP contribution in [0.15, 0.2) is 48.5 Å². The number of thioether (sulfide) groups is 1. The van der Waals surface area contributed by atoms with Crippen molar-refractivity contribution in [1.82, 2.24) is 4.90 Å². The van der Waals surface area contributed by atoms with Crippen molar-refractivity contribution in [3.05, 3.63) is 59.7 Å². The number of aliphatic carboxylic acids is 1. The monoisotopic (exact) mass is 413 g/mol. The van der Waals surface area contributed by atoms with Gasteiger partial charge in [-0.15, -0.1) is 11.8 Å². The molecule has 2 atom stereocenters. The van der Waals surface area contributed by atoms with Gasteiger partial charge < -0.3 is 19.5 Å². The standard InChI is InChI=1S/C22H23NO5S/c1-27-19-11-16(9-10-18(19)28-12-14-5-3-2-4-6-14)21-23(20(24)15-7-8-15)17(13-29-21)22(25)26/h2-6,9-11,15,17,21H,7-8,12-13H2,1H3,(H,25,26). The third kappa shape index (κ3) is 4.19. The van der Waals surface area contributed by atoms with E-state index in [0.29, 0.717) is 23.9 Å². The number of rotatable bonds is 7. The van der Waals surface area contributed by atoms with Crippen LogP contribution in [0, 0.1) is 5.92 Å². The Morgan fingerprint density at radius 3 is 2.55 bits per heavy atom. The molecule has 4 rings (SSSR count). The van der Waals surface area contributed by atoms with Gasteiger partial charge in [0, 0.05) is 11.7 Å². The molecule has 1 N–H and O–H groups in total. The van der Waals surface area contributed by atoms with Gasteiger partial charge in [-0.3, -0.25) is 4.79 Å². The second kappa shape index (κ2) is 8.37. The Bertz CT molecular complexity index is 899. The number of amides is 1. The molecule has 1 saturated heterocycles. The van der Waals surface area contributed by atoms with Gasteiger partial charge in [-0.1, -0.05) is 36.4 Å². The van der Waals surface area contributed by atoms with Gasteiger partial charge in [0.25, 0.3) is 0 Å². The lowest BCUT2D eigenvalue weighted by molar-refractivity contribution is -0.149. The first-order valence-electron chi connectivity index (χ1n) is 9.59. The number of carbonyl (C=O) groups excluding carboxylic acids is 1. The molecule has 0 bridgehead atoms. The summed E-state index contributed by atoms with van der Waals surface area (Å²) in [6.45, 7) is 0.419. The fourth-order valence-corrected chi connectivity index (χ4v) is 4.87. The topological polar surface area (TPSA) is 76.1 Å². The van der Waals surface area contributed by atoms with Crippen molar-refractivity contribution in [3.8, 4) is 11.5 Å². The summed E-state index contributed by atoms with van der Waals surface area (Å²) in [6, 6.07) is 14.6. The van der Waals surface area contributed by atoms with E-state index >= 15 is 0 Å². The van der Waals surface area contributed by atoms with Crippen molar-refractivity contribution in [1.29, 1.82) is 0 Å². The van der Waals surface area contributed by atoms with Crippen molar-refractivity contribution in [2.24, 2.45) is 5.92 Å². The third-order valence-electron chi connectivity index (χ3n) is 5.18. The molecule has 2 aliphatic rings. The Balaban J connectivity index is 1.55. The van der Waals surface area contributed by atoms with Crippen molar-refractivity contribution in [2.75, 3.05) is 12.9 Å². The molecule has 1 amide bonds. The van der Waals surface area contributed by atoms with Crippen LogP contribution in [0.4, 0.5) is 0 Å². The minimum Gasteiger partial charge on any atom is -0.493 e. The molecule has 1 aliphatic carbocycles. The van der Waals surface area contributed by atoms with E-state index in [-0.39, 0.29) is 17.2 Å². The lowest BCUT2D eigenvalue weighted by Crippen LogP contribution is -2.43. The molecule has 7 heteroatoms. The van der Waals surface area contributed by atoms with Crippen LogP contribution in [-0.4, -0.2) is 40.8 Å². The smallest absolute Gasteiger partial charge is 0.327 e. The zero-order chi connectivity index (χ0) is 20.4. The van der Waals surface area contributed by atoms with Crippen LogP contribution in [0.1, 0.15) is 29.3 Å². The molecule has 0 spiro atoms. The summed E-state index contributed by atoms with van der Waals surface area (Å²) in [7, 11) is 1.57. The van der Waals surface area contributed by atoms with E-state index < -0.39 is 12.0 Å². The Hall–Kier alpha value is -2.67. The van der Waals surface area contributed by atoms with E-state index in [2.05, 4.69) is 0 Å². The van der Waals surface area contributed by atoms with Gasteiger partial charge in [-0.05, 0) is 36.1 Å². The SMILES string of the molecule is COc1cc(C2SCC(C(=O)O)N2C(=O)C2CC2)ccc1OCc1ccccc1. The summed E-state index contributed by atoms with van der Waals surface area (Å²) in [4.78, 5) is 26.0. The van der Waals surface area contributed by atoms with Crippen molar-refractivity contribution >= 4 is 23.6 Å². The lowest BCUT2D eigenvalue weighted by Gasteiger charge is -2.28. The molecule has 0 aromatic heterocycles. The fraction of sp³-hybridized carbons (Fsp3) is 0.364. The molecule has 2 unspecified atom stereocenters. The zero-order valence-corrected chi connectivity index (χ0v) is 16.9. The molecule has 1 heterocycles. The Labute approximate surface area is 173 Å². The van der Waals surface area contributed by atoms with Gasteiger partial charge in [0.1, 0.15) is 18.0 Å². The molecule has 1 aliphatic heterocycles. The Kier molecular flexibility index (Phi) is 5.67. The zero-order valence-electron chi connectivity index (χ0n) is 16.1. The van der Waals surface area contributed by atoms with Gasteiger partial charge in [-0.2, -0.15) is 0 Å². The Morgan fingerprint density at radius 2 is 1.90 bits per heavy atom. The first-order valence-corrected chi connectivity index (χ1v) is 10.6. The molecule has 2 aromatic carbocycles. The van der Waals surface area contributed by atoms with Gasteiger partial charge >= 0.3 is 5.97 Å². The molecule has 152 valence electrons. The van der Waals surface area contributed by atoms with E-state index in [1.165, 1.54) is 11.8 Å². The highest BCUT2D eigenvalue weighted by Gasteiger charge is 2.46. The summed E-state index contributed by atoms with van der Waals surface area (Å²) in [5.74, 6) is 0.509. The van der Waals surface area contributed by atoms with Crippen LogP contribution in [0.3, 0.4) is 0 Å². The first-order chi connectivity index (χ1) is 14.1. The predicted octanol–water partition coefficient (Wildman–Crippen LogP) is 3.71. The van der Waals surface area contributed by atoms with E-state index in [1.807, 2.05) is 48.5 Å². The van der Waals surface area contributed by atoms with Crippen LogP contribution < -0.4 is 9.47 Å². The highest BCUT2D eigenvalue weighted by molar-refractivity contribution is 7.99.